The van der Waals surface area contributed by atoms with E-state index in [2.05, 4.69) is 9.71 Å². The minimum Gasteiger partial charge on any atom is -0.477 e. The van der Waals surface area contributed by atoms with Crippen LogP contribution in [-0.4, -0.2) is 60.4 Å². The summed E-state index contributed by atoms with van der Waals surface area (Å²) < 4.78 is 31.4. The molecule has 0 unspecified atom stereocenters. The van der Waals surface area contributed by atoms with Crippen molar-refractivity contribution in [2.75, 3.05) is 24.1 Å². The molecule has 5 N–H and O–H groups in total. The first-order valence-electron chi connectivity index (χ1n) is 12.0. The van der Waals surface area contributed by atoms with Crippen molar-refractivity contribution in [2.24, 2.45) is 11.7 Å². The summed E-state index contributed by atoms with van der Waals surface area (Å²) in [4.78, 5) is 29.8. The Morgan fingerprint density at radius 2 is 2.11 bits per heavy atom. The number of aromatic amines is 1. The second-order valence-corrected chi connectivity index (χ2v) is 11.8. The number of nitrogens with two attached hydrogens (primary N) is 1. The lowest BCUT2D eigenvalue weighted by Gasteiger charge is -2.42. The number of rotatable bonds is 7. The van der Waals surface area contributed by atoms with Gasteiger partial charge in [0.25, 0.3) is 0 Å². The number of hydrogen-bond acceptors (Lipinski definition) is 7. The smallest absolute Gasteiger partial charge is 0.411 e. The maximum Gasteiger partial charge on any atom is 0.411 e. The molecule has 198 valence electrons. The lowest BCUT2D eigenvalue weighted by molar-refractivity contribution is -0.0439. The second-order valence-electron chi connectivity index (χ2n) is 10.1. The van der Waals surface area contributed by atoms with E-state index in [4.69, 9.17) is 10.5 Å². The summed E-state index contributed by atoms with van der Waals surface area (Å²) in [6, 6.07) is 11.4. The summed E-state index contributed by atoms with van der Waals surface area (Å²) >= 11 is 0. The van der Waals surface area contributed by atoms with Crippen molar-refractivity contribution in [3.8, 4) is 17.2 Å². The summed E-state index contributed by atoms with van der Waals surface area (Å²) in [5.74, 6) is -0.864. The number of para-hydroxylation sites is 1. The predicted molar refractivity (Wildman–Crippen MR) is 140 cm³/mol. The molecule has 12 heteroatoms. The maximum atomic E-state index is 12.8. The third-order valence-electron chi connectivity index (χ3n) is 7.37. The molecule has 1 amide bonds. The molecule has 0 radical (unpaired) electrons. The molecule has 1 aromatic heterocycles. The third kappa shape index (κ3) is 4.33. The number of sulfonamides is 1. The number of benzene rings is 2. The molecular weight excluding hydrogens is 510 g/mol. The van der Waals surface area contributed by atoms with Crippen molar-refractivity contribution >= 4 is 38.7 Å². The number of hydrogen-bond donors (Lipinski definition) is 4. The van der Waals surface area contributed by atoms with Crippen LogP contribution in [0.1, 0.15) is 47.4 Å². The second kappa shape index (κ2) is 9.04. The van der Waals surface area contributed by atoms with Crippen LogP contribution in [0.2, 0.25) is 0 Å². The van der Waals surface area contributed by atoms with E-state index in [9.17, 15) is 28.4 Å². The molecule has 5 rings (SSSR count). The highest BCUT2D eigenvalue weighted by atomic mass is 32.2. The summed E-state index contributed by atoms with van der Waals surface area (Å²) in [5.41, 5.74) is 7.34. The average molecular weight is 538 g/mol. The monoisotopic (exact) mass is 537 g/mol. The number of aromatic carboxylic acids is 1. The predicted octanol–water partition coefficient (Wildman–Crippen LogP) is 3.40. The van der Waals surface area contributed by atoms with Gasteiger partial charge in [-0.25, -0.2) is 18.0 Å². The van der Waals surface area contributed by atoms with Gasteiger partial charge in [0, 0.05) is 10.9 Å². The summed E-state index contributed by atoms with van der Waals surface area (Å²) in [5, 5.41) is 20.2. The van der Waals surface area contributed by atoms with Gasteiger partial charge in [-0.3, -0.25) is 9.62 Å². The van der Waals surface area contributed by atoms with Crippen molar-refractivity contribution < 1.29 is 27.9 Å². The number of carbonyl (C=O) groups is 2. The highest BCUT2D eigenvalue weighted by molar-refractivity contribution is 7.92. The zero-order chi connectivity index (χ0) is 27.4. The van der Waals surface area contributed by atoms with Crippen LogP contribution in [0.15, 0.2) is 36.4 Å². The first-order valence-corrected chi connectivity index (χ1v) is 13.9. The average Bonchev–Trinajstić information content (AvgIpc) is 3.40. The molecule has 1 aliphatic carbocycles. The molecule has 2 aliphatic rings. The molecule has 2 heterocycles. The van der Waals surface area contributed by atoms with E-state index in [1.54, 1.807) is 23.1 Å². The quantitative estimate of drug-likeness (QED) is 0.354. The van der Waals surface area contributed by atoms with Crippen LogP contribution < -0.4 is 10.5 Å². The molecule has 1 spiro atoms. The fraction of sp³-hybridized carbons (Fsp3) is 0.346. The number of nitrogens with one attached hydrogen (secondary N) is 2. The Kier molecular flexibility index (Phi) is 6.08. The van der Waals surface area contributed by atoms with Crippen molar-refractivity contribution in [1.82, 2.24) is 9.88 Å². The summed E-state index contributed by atoms with van der Waals surface area (Å²) in [6.45, 7) is 2.85. The minimum absolute atomic E-state index is 0.0459. The Hall–Kier alpha value is -4.08. The fourth-order valence-electron chi connectivity index (χ4n) is 5.62. The number of H-pyrrole nitrogens is 1. The zero-order valence-electron chi connectivity index (χ0n) is 20.8. The van der Waals surface area contributed by atoms with Crippen LogP contribution >= 0.6 is 0 Å². The van der Waals surface area contributed by atoms with Gasteiger partial charge < -0.3 is 20.6 Å². The number of nitrogens with zero attached hydrogens (tertiary/aromatic N) is 2. The number of carboxylic acid groups (broad SMARTS) is 1. The van der Waals surface area contributed by atoms with Gasteiger partial charge in [-0.2, -0.15) is 5.26 Å². The molecule has 0 bridgehead atoms. The summed E-state index contributed by atoms with van der Waals surface area (Å²) in [7, 11) is -3.62. The van der Waals surface area contributed by atoms with Gasteiger partial charge in [0.05, 0.1) is 35.6 Å². The van der Waals surface area contributed by atoms with Crippen molar-refractivity contribution in [1.29, 1.82) is 5.26 Å². The lowest BCUT2D eigenvalue weighted by Crippen LogP contribution is -2.49. The molecule has 2 fully saturated rings. The number of carbonyl (C=O) groups excluding carboxylic acids is 1. The molecule has 3 aromatic rings. The standard InChI is InChI=1S/C26H27N5O6S/c1-14(31-13-26(37-25(31)34)9-15(10-26)11-27)18-4-3-5-19-21(23(24(32)33)29-22(18)19)16-6-7-20(17(8-16)12-28)30-38(2,35)36/h3-8,14-15,29-30H,9-11,13,27H2,1-2H3,(H,32,33)/t14-,15?,26?/m0/s1. The van der Waals surface area contributed by atoms with Gasteiger partial charge in [0.2, 0.25) is 10.0 Å². The highest BCUT2D eigenvalue weighted by Crippen LogP contribution is 2.47. The Morgan fingerprint density at radius 1 is 1.37 bits per heavy atom. The lowest BCUT2D eigenvalue weighted by atomic mass is 9.71. The van der Waals surface area contributed by atoms with Crippen molar-refractivity contribution in [2.45, 2.75) is 31.4 Å². The molecule has 1 atom stereocenters. The highest BCUT2D eigenvalue weighted by Gasteiger charge is 2.54. The van der Waals surface area contributed by atoms with Gasteiger partial charge >= 0.3 is 12.1 Å². The van der Waals surface area contributed by atoms with Gasteiger partial charge in [0.1, 0.15) is 17.4 Å². The molecule has 2 aromatic carbocycles. The SMILES string of the molecule is C[C@@H](c1cccc2c(-c3ccc(NS(C)(=O)=O)c(C#N)c3)c(C(=O)O)[nH]c12)N1CC2(CC(CN)C2)OC1=O. The number of amides is 1. The first-order chi connectivity index (χ1) is 17.9. The molecule has 1 saturated carbocycles. The Morgan fingerprint density at radius 3 is 2.74 bits per heavy atom. The minimum atomic E-state index is -3.62. The number of fused-ring (bicyclic) bond motifs is 1. The van der Waals surface area contributed by atoms with Crippen molar-refractivity contribution in [3.63, 3.8) is 0 Å². The Balaban J connectivity index is 1.57. The van der Waals surface area contributed by atoms with Gasteiger partial charge in [-0.1, -0.05) is 24.3 Å². The van der Waals surface area contributed by atoms with E-state index in [1.165, 1.54) is 12.1 Å². The van der Waals surface area contributed by atoms with Crippen LogP contribution in [0.25, 0.3) is 22.0 Å². The zero-order valence-corrected chi connectivity index (χ0v) is 21.6. The fourth-order valence-corrected chi connectivity index (χ4v) is 6.19. The molecular formula is C26H27N5O6S. The van der Waals surface area contributed by atoms with Crippen LogP contribution in [0.4, 0.5) is 10.5 Å². The maximum absolute atomic E-state index is 12.8. The van der Waals surface area contributed by atoms with Gasteiger partial charge in [-0.15, -0.1) is 0 Å². The topological polar surface area (TPSA) is 179 Å². The van der Waals surface area contributed by atoms with Crippen LogP contribution in [-0.2, 0) is 14.8 Å². The normalized spacial score (nSPS) is 21.7. The van der Waals surface area contributed by atoms with E-state index >= 15 is 0 Å². The van der Waals surface area contributed by atoms with E-state index in [-0.39, 0.29) is 16.9 Å². The number of aromatic nitrogens is 1. The largest absolute Gasteiger partial charge is 0.477 e. The third-order valence-corrected chi connectivity index (χ3v) is 7.96. The van der Waals surface area contributed by atoms with Crippen LogP contribution in [0.3, 0.4) is 0 Å². The number of carboxylic acids is 1. The van der Waals surface area contributed by atoms with Gasteiger partial charge in [-0.05, 0) is 55.5 Å². The molecule has 11 nitrogen and oxygen atoms in total. The number of nitriles is 1. The molecule has 1 saturated heterocycles. The van der Waals surface area contributed by atoms with Crippen LogP contribution in [0.5, 0.6) is 0 Å². The Bertz CT molecular complexity index is 1620. The number of ether oxygens (including phenoxy) is 1. The van der Waals surface area contributed by atoms with Crippen molar-refractivity contribution in [3.05, 3.63) is 53.2 Å². The molecule has 1 aliphatic heterocycles. The van der Waals surface area contributed by atoms with Crippen LogP contribution in [0, 0.1) is 17.2 Å². The molecule has 38 heavy (non-hydrogen) atoms. The first kappa shape index (κ1) is 25.6. The van der Waals surface area contributed by atoms with E-state index in [0.29, 0.717) is 41.0 Å². The van der Waals surface area contributed by atoms with E-state index in [1.807, 2.05) is 19.1 Å². The van der Waals surface area contributed by atoms with E-state index < -0.39 is 33.7 Å². The van der Waals surface area contributed by atoms with Gasteiger partial charge in [0.15, 0.2) is 0 Å². The summed E-state index contributed by atoms with van der Waals surface area (Å²) in [6.07, 6.45) is 2.02. The Labute approximate surface area is 219 Å². The number of anilines is 1. The van der Waals surface area contributed by atoms with E-state index in [0.717, 1.165) is 24.7 Å².